The molecule has 0 heterocycles. The Balaban J connectivity index is 2.46. The van der Waals surface area contributed by atoms with Crippen molar-refractivity contribution in [1.29, 1.82) is 0 Å². The second-order valence-corrected chi connectivity index (χ2v) is 6.44. The van der Waals surface area contributed by atoms with Crippen molar-refractivity contribution in [2.45, 2.75) is 32.1 Å². The van der Waals surface area contributed by atoms with Crippen LogP contribution in [-0.2, 0) is 14.4 Å². The lowest BCUT2D eigenvalue weighted by atomic mass is 10.3. The van der Waals surface area contributed by atoms with Crippen molar-refractivity contribution in [1.82, 2.24) is 10.2 Å². The molecule has 1 rings (SSSR count). The van der Waals surface area contributed by atoms with E-state index in [-0.39, 0.29) is 24.9 Å². The third-order valence-corrected chi connectivity index (χ3v) is 3.77. The fraction of sp³-hybridized carbons (Fsp3) is 0.500. The number of halogens is 1. The first-order chi connectivity index (χ1) is 12.4. The number of alkyl halides is 1. The molecule has 1 aromatic carbocycles. The molecule has 0 bridgehead atoms. The van der Waals surface area contributed by atoms with E-state index in [1.807, 2.05) is 6.92 Å². The molecule has 0 aliphatic carbocycles. The van der Waals surface area contributed by atoms with Gasteiger partial charge in [0.15, 0.2) is 0 Å². The Morgan fingerprint density at radius 1 is 1.19 bits per heavy atom. The van der Waals surface area contributed by atoms with Gasteiger partial charge in [0.1, 0.15) is 11.1 Å². The van der Waals surface area contributed by atoms with E-state index in [4.69, 9.17) is 16.3 Å². The standard InChI is InChI=1S/C18H26ClN3O4/c1-4-5-10-22(18(25)13(2)19)12-17(24)20-11-16(23)21-14-6-8-15(26-3)9-7-14/h6-9,13H,4-5,10-12H2,1-3H3,(H,20,24)(H,21,23). The van der Waals surface area contributed by atoms with Gasteiger partial charge >= 0.3 is 0 Å². The predicted molar refractivity (Wildman–Crippen MR) is 101 cm³/mol. The highest BCUT2D eigenvalue weighted by atomic mass is 35.5. The number of unbranched alkanes of at least 4 members (excludes halogenated alkanes) is 1. The van der Waals surface area contributed by atoms with Crippen LogP contribution in [0.5, 0.6) is 5.75 Å². The zero-order chi connectivity index (χ0) is 19.5. The number of hydrogen-bond acceptors (Lipinski definition) is 4. The molecule has 0 aliphatic rings. The SMILES string of the molecule is CCCCN(CC(=O)NCC(=O)Nc1ccc(OC)cc1)C(=O)C(C)Cl. The Labute approximate surface area is 159 Å². The first-order valence-electron chi connectivity index (χ1n) is 8.50. The van der Waals surface area contributed by atoms with E-state index < -0.39 is 11.3 Å². The van der Waals surface area contributed by atoms with Gasteiger partial charge in [0, 0.05) is 12.2 Å². The molecule has 144 valence electrons. The number of rotatable bonds is 10. The quantitative estimate of drug-likeness (QED) is 0.605. The van der Waals surface area contributed by atoms with Gasteiger partial charge in [-0.15, -0.1) is 11.6 Å². The highest BCUT2D eigenvalue weighted by Gasteiger charge is 2.20. The molecule has 1 unspecified atom stereocenters. The van der Waals surface area contributed by atoms with Crippen molar-refractivity contribution in [3.05, 3.63) is 24.3 Å². The van der Waals surface area contributed by atoms with Crippen molar-refractivity contribution >= 4 is 35.0 Å². The topological polar surface area (TPSA) is 87.7 Å². The smallest absolute Gasteiger partial charge is 0.243 e. The molecule has 0 fully saturated rings. The molecule has 3 amide bonds. The summed E-state index contributed by atoms with van der Waals surface area (Å²) < 4.78 is 5.04. The summed E-state index contributed by atoms with van der Waals surface area (Å²) >= 11 is 5.83. The maximum atomic E-state index is 12.0. The van der Waals surface area contributed by atoms with Gasteiger partial charge in [-0.3, -0.25) is 14.4 Å². The van der Waals surface area contributed by atoms with Crippen LogP contribution < -0.4 is 15.4 Å². The summed E-state index contributed by atoms with van der Waals surface area (Å²) in [5, 5.41) is 4.48. The van der Waals surface area contributed by atoms with E-state index in [1.54, 1.807) is 38.3 Å². The van der Waals surface area contributed by atoms with Crippen molar-refractivity contribution in [2.75, 3.05) is 32.1 Å². The van der Waals surface area contributed by atoms with Gasteiger partial charge in [-0.05, 0) is 37.6 Å². The summed E-state index contributed by atoms with van der Waals surface area (Å²) in [6.45, 7) is 3.72. The van der Waals surface area contributed by atoms with Crippen LogP contribution in [0.2, 0.25) is 0 Å². The molecule has 8 heteroatoms. The van der Waals surface area contributed by atoms with Crippen LogP contribution in [-0.4, -0.2) is 54.7 Å². The molecule has 26 heavy (non-hydrogen) atoms. The first kappa shape index (κ1) is 21.8. The van der Waals surface area contributed by atoms with Crippen LogP contribution in [0.25, 0.3) is 0 Å². The highest BCUT2D eigenvalue weighted by molar-refractivity contribution is 6.30. The van der Waals surface area contributed by atoms with E-state index in [0.717, 1.165) is 12.8 Å². The Kier molecular flexibility index (Phi) is 9.51. The van der Waals surface area contributed by atoms with Crippen LogP contribution >= 0.6 is 11.6 Å². The maximum absolute atomic E-state index is 12.0. The lowest BCUT2D eigenvalue weighted by Crippen LogP contribution is -2.45. The summed E-state index contributed by atoms with van der Waals surface area (Å²) in [6.07, 6.45) is 1.67. The lowest BCUT2D eigenvalue weighted by Gasteiger charge is -2.23. The minimum Gasteiger partial charge on any atom is -0.497 e. The van der Waals surface area contributed by atoms with Gasteiger partial charge in [0.05, 0.1) is 20.2 Å². The van der Waals surface area contributed by atoms with Crippen LogP contribution in [0, 0.1) is 0 Å². The molecule has 0 spiro atoms. The number of benzene rings is 1. The number of hydrogen-bond donors (Lipinski definition) is 2. The average Bonchev–Trinajstić information content (AvgIpc) is 2.63. The summed E-state index contributed by atoms with van der Waals surface area (Å²) in [5.41, 5.74) is 0.598. The molecule has 1 aromatic rings. The molecule has 2 N–H and O–H groups in total. The van der Waals surface area contributed by atoms with Crippen molar-refractivity contribution in [2.24, 2.45) is 0 Å². The number of anilines is 1. The molecule has 0 saturated carbocycles. The van der Waals surface area contributed by atoms with Crippen molar-refractivity contribution < 1.29 is 19.1 Å². The number of ether oxygens (including phenoxy) is 1. The van der Waals surface area contributed by atoms with Gasteiger partial charge in [0.2, 0.25) is 17.7 Å². The minimum absolute atomic E-state index is 0.119. The number of methoxy groups -OCH3 is 1. The summed E-state index contributed by atoms with van der Waals surface area (Å²) in [5.74, 6) is -0.378. The molecule has 0 radical (unpaired) electrons. The van der Waals surface area contributed by atoms with E-state index in [1.165, 1.54) is 4.90 Å². The van der Waals surface area contributed by atoms with Crippen molar-refractivity contribution in [3.63, 3.8) is 0 Å². The molecular weight excluding hydrogens is 358 g/mol. The fourth-order valence-electron chi connectivity index (χ4n) is 2.16. The second-order valence-electron chi connectivity index (χ2n) is 5.78. The van der Waals surface area contributed by atoms with E-state index in [0.29, 0.717) is 18.0 Å². The Hall–Kier alpha value is -2.28. The van der Waals surface area contributed by atoms with Gasteiger partial charge in [0.25, 0.3) is 0 Å². The second kappa shape index (κ2) is 11.4. The van der Waals surface area contributed by atoms with Crippen molar-refractivity contribution in [3.8, 4) is 5.75 Å². The number of carbonyl (C=O) groups is 3. The maximum Gasteiger partial charge on any atom is 0.243 e. The molecule has 1 atom stereocenters. The molecule has 0 aromatic heterocycles. The van der Waals surface area contributed by atoms with Crippen LogP contribution in [0.3, 0.4) is 0 Å². The summed E-state index contributed by atoms with van der Waals surface area (Å²) in [4.78, 5) is 37.4. The van der Waals surface area contributed by atoms with Crippen LogP contribution in [0.4, 0.5) is 5.69 Å². The minimum atomic E-state index is -0.696. The third kappa shape index (κ3) is 7.74. The number of amides is 3. The molecular formula is C18H26ClN3O4. The largest absolute Gasteiger partial charge is 0.497 e. The lowest BCUT2D eigenvalue weighted by molar-refractivity contribution is -0.135. The zero-order valence-electron chi connectivity index (χ0n) is 15.4. The van der Waals surface area contributed by atoms with Crippen LogP contribution in [0.1, 0.15) is 26.7 Å². The highest BCUT2D eigenvalue weighted by Crippen LogP contribution is 2.14. The van der Waals surface area contributed by atoms with Crippen LogP contribution in [0.15, 0.2) is 24.3 Å². The first-order valence-corrected chi connectivity index (χ1v) is 8.94. The third-order valence-electron chi connectivity index (χ3n) is 3.59. The fourth-order valence-corrected chi connectivity index (χ4v) is 2.29. The summed E-state index contributed by atoms with van der Waals surface area (Å²) in [6, 6.07) is 6.84. The van der Waals surface area contributed by atoms with E-state index in [2.05, 4.69) is 10.6 Å². The molecule has 7 nitrogen and oxygen atoms in total. The van der Waals surface area contributed by atoms with Gasteiger partial charge < -0.3 is 20.3 Å². The molecule has 0 saturated heterocycles. The predicted octanol–water partition coefficient (Wildman–Crippen LogP) is 2.01. The summed E-state index contributed by atoms with van der Waals surface area (Å²) in [7, 11) is 1.56. The number of nitrogens with zero attached hydrogens (tertiary/aromatic N) is 1. The van der Waals surface area contributed by atoms with Gasteiger partial charge in [-0.25, -0.2) is 0 Å². The number of nitrogens with one attached hydrogen (secondary N) is 2. The van der Waals surface area contributed by atoms with Gasteiger partial charge in [-0.1, -0.05) is 13.3 Å². The Morgan fingerprint density at radius 2 is 1.85 bits per heavy atom. The Morgan fingerprint density at radius 3 is 2.38 bits per heavy atom. The molecule has 0 aliphatic heterocycles. The number of carbonyl (C=O) groups excluding carboxylic acids is 3. The normalized spacial score (nSPS) is 11.4. The monoisotopic (exact) mass is 383 g/mol. The van der Waals surface area contributed by atoms with E-state index in [9.17, 15) is 14.4 Å². The van der Waals surface area contributed by atoms with E-state index >= 15 is 0 Å². The Bertz CT molecular complexity index is 605. The average molecular weight is 384 g/mol. The van der Waals surface area contributed by atoms with Gasteiger partial charge in [-0.2, -0.15) is 0 Å². The zero-order valence-corrected chi connectivity index (χ0v) is 16.1.